The second kappa shape index (κ2) is 6.84. The first kappa shape index (κ1) is 18.4. The van der Waals surface area contributed by atoms with Crippen molar-refractivity contribution in [1.82, 2.24) is 14.9 Å². The fourth-order valence-electron chi connectivity index (χ4n) is 6.11. The summed E-state index contributed by atoms with van der Waals surface area (Å²) in [6, 6.07) is 15.9. The van der Waals surface area contributed by atoms with Crippen LogP contribution in [0.1, 0.15) is 30.6 Å². The Hall–Kier alpha value is -2.34. The number of nitrogens with one attached hydrogen (secondary N) is 1. The summed E-state index contributed by atoms with van der Waals surface area (Å²) in [5.74, 6) is 1.51. The van der Waals surface area contributed by atoms with Crippen LogP contribution in [0.2, 0.25) is 0 Å². The van der Waals surface area contributed by atoms with Gasteiger partial charge in [-0.05, 0) is 31.4 Å². The zero-order valence-corrected chi connectivity index (χ0v) is 17.9. The van der Waals surface area contributed by atoms with Gasteiger partial charge in [0.05, 0.1) is 24.8 Å². The van der Waals surface area contributed by atoms with E-state index in [4.69, 9.17) is 9.57 Å². The molecular formula is C25H29N3O2. The van der Waals surface area contributed by atoms with Gasteiger partial charge in [0.2, 0.25) is 0 Å². The largest absolute Gasteiger partial charge is 0.496 e. The van der Waals surface area contributed by atoms with E-state index in [1.54, 1.807) is 7.11 Å². The van der Waals surface area contributed by atoms with Gasteiger partial charge in [-0.2, -0.15) is 5.06 Å². The van der Waals surface area contributed by atoms with E-state index in [9.17, 15) is 0 Å². The average molecular weight is 404 g/mol. The number of nitrogens with zero attached hydrogens (tertiary/aromatic N) is 2. The van der Waals surface area contributed by atoms with Crippen molar-refractivity contribution in [1.29, 1.82) is 0 Å². The van der Waals surface area contributed by atoms with Crippen molar-refractivity contribution in [2.45, 2.75) is 38.0 Å². The highest BCUT2D eigenvalue weighted by Gasteiger charge is 2.48. The molecule has 0 radical (unpaired) electrons. The monoisotopic (exact) mass is 403 g/mol. The lowest BCUT2D eigenvalue weighted by atomic mass is 9.81. The SMILES string of the molecule is COc1ccccc1-c1cccc2c3c([nH]c12)[C@@H]1C[C@H]2[C@@H](CN1CC3)[C@H](C)ON2C. The fourth-order valence-corrected chi connectivity index (χ4v) is 6.11. The third kappa shape index (κ3) is 2.59. The minimum absolute atomic E-state index is 0.308. The molecule has 5 heteroatoms. The van der Waals surface area contributed by atoms with Crippen LogP contribution in [0.4, 0.5) is 0 Å². The zero-order valence-electron chi connectivity index (χ0n) is 17.9. The van der Waals surface area contributed by atoms with Gasteiger partial charge in [0, 0.05) is 54.3 Å². The van der Waals surface area contributed by atoms with Crippen LogP contribution in [0, 0.1) is 5.92 Å². The quantitative estimate of drug-likeness (QED) is 0.689. The molecule has 1 aromatic heterocycles. The van der Waals surface area contributed by atoms with Gasteiger partial charge in [-0.1, -0.05) is 36.4 Å². The highest BCUT2D eigenvalue weighted by Crippen LogP contribution is 2.46. The van der Waals surface area contributed by atoms with E-state index in [0.29, 0.717) is 24.1 Å². The van der Waals surface area contributed by atoms with Gasteiger partial charge in [0.25, 0.3) is 0 Å². The van der Waals surface area contributed by atoms with Crippen molar-refractivity contribution in [3.05, 3.63) is 53.7 Å². The normalized spacial score (nSPS) is 28.9. The van der Waals surface area contributed by atoms with Gasteiger partial charge in [-0.25, -0.2) is 0 Å². The molecule has 0 unspecified atom stereocenters. The van der Waals surface area contributed by atoms with Crippen molar-refractivity contribution in [3.8, 4) is 16.9 Å². The molecule has 3 aromatic rings. The number of aromatic nitrogens is 1. The first-order valence-electron chi connectivity index (χ1n) is 11.1. The van der Waals surface area contributed by atoms with Crippen LogP contribution < -0.4 is 4.74 Å². The van der Waals surface area contributed by atoms with E-state index in [1.807, 2.05) is 12.1 Å². The van der Waals surface area contributed by atoms with Gasteiger partial charge in [0.1, 0.15) is 5.75 Å². The molecular weight excluding hydrogens is 374 g/mol. The number of rotatable bonds is 2. The van der Waals surface area contributed by atoms with E-state index >= 15 is 0 Å². The number of piperidine rings is 1. The second-order valence-electron chi connectivity index (χ2n) is 9.03. The Kier molecular flexibility index (Phi) is 4.20. The minimum atomic E-state index is 0.308. The lowest BCUT2D eigenvalue weighted by Gasteiger charge is -2.44. The maximum absolute atomic E-state index is 6.05. The summed E-state index contributed by atoms with van der Waals surface area (Å²) in [7, 11) is 3.85. The molecule has 2 saturated heterocycles. The highest BCUT2D eigenvalue weighted by molar-refractivity contribution is 5.98. The Bertz CT molecular complexity index is 1110. The van der Waals surface area contributed by atoms with E-state index in [2.05, 4.69) is 59.3 Å². The molecule has 0 bridgehead atoms. The number of hydroxylamine groups is 2. The molecule has 1 N–H and O–H groups in total. The molecule has 6 rings (SSSR count). The number of hydrogen-bond donors (Lipinski definition) is 1. The number of methoxy groups -OCH3 is 1. The van der Waals surface area contributed by atoms with Crippen LogP contribution in [0.3, 0.4) is 0 Å². The maximum Gasteiger partial charge on any atom is 0.126 e. The molecule has 2 fully saturated rings. The average Bonchev–Trinajstić information content (AvgIpc) is 3.29. The number of aromatic amines is 1. The van der Waals surface area contributed by atoms with Crippen LogP contribution in [0.25, 0.3) is 22.0 Å². The van der Waals surface area contributed by atoms with Gasteiger partial charge in [-0.3, -0.25) is 9.74 Å². The third-order valence-electron chi connectivity index (χ3n) is 7.60. The lowest BCUT2D eigenvalue weighted by molar-refractivity contribution is -0.140. The summed E-state index contributed by atoms with van der Waals surface area (Å²) in [6.45, 7) is 4.47. The van der Waals surface area contributed by atoms with Crippen molar-refractivity contribution in [2.24, 2.45) is 5.92 Å². The molecule has 2 aromatic carbocycles. The van der Waals surface area contributed by atoms with Gasteiger partial charge >= 0.3 is 0 Å². The fraction of sp³-hybridized carbons (Fsp3) is 0.440. The Balaban J connectivity index is 1.46. The molecule has 0 amide bonds. The molecule has 3 aliphatic heterocycles. The van der Waals surface area contributed by atoms with Crippen LogP contribution in [0.15, 0.2) is 42.5 Å². The smallest absolute Gasteiger partial charge is 0.126 e. The summed E-state index contributed by atoms with van der Waals surface area (Å²) < 4.78 is 5.66. The standard InChI is InChI=1S/C25H29N3O2/c1-15-20-14-28-12-11-19-18-9-6-8-17(16-7-4-5-10-23(16)29-3)24(18)26-25(19)22(28)13-21(20)27(2)30-15/h4-10,15,20-22,26H,11-14H2,1-3H3/t15-,20-,21-,22-/m0/s1. The minimum Gasteiger partial charge on any atom is -0.496 e. The molecule has 0 spiro atoms. The number of ether oxygens (including phenoxy) is 1. The first-order valence-corrected chi connectivity index (χ1v) is 11.1. The van der Waals surface area contributed by atoms with Gasteiger partial charge < -0.3 is 9.72 Å². The molecule has 4 atom stereocenters. The predicted molar refractivity (Wildman–Crippen MR) is 119 cm³/mol. The highest BCUT2D eigenvalue weighted by atomic mass is 16.7. The molecule has 0 saturated carbocycles. The Morgan fingerprint density at radius 1 is 1.10 bits per heavy atom. The number of para-hydroxylation sites is 2. The molecule has 5 nitrogen and oxygen atoms in total. The molecule has 0 aliphatic carbocycles. The molecule has 30 heavy (non-hydrogen) atoms. The summed E-state index contributed by atoms with van der Waals surface area (Å²) in [5, 5.41) is 3.48. The van der Waals surface area contributed by atoms with Crippen molar-refractivity contribution >= 4 is 10.9 Å². The topological polar surface area (TPSA) is 40.7 Å². The van der Waals surface area contributed by atoms with Crippen molar-refractivity contribution in [3.63, 3.8) is 0 Å². The van der Waals surface area contributed by atoms with Gasteiger partial charge in [0.15, 0.2) is 0 Å². The Morgan fingerprint density at radius 2 is 1.93 bits per heavy atom. The van der Waals surface area contributed by atoms with E-state index in [1.165, 1.54) is 27.7 Å². The molecule has 156 valence electrons. The van der Waals surface area contributed by atoms with Crippen LogP contribution in [-0.2, 0) is 11.3 Å². The summed E-state index contributed by atoms with van der Waals surface area (Å²) >= 11 is 0. The number of fused-ring (bicyclic) bond motifs is 6. The maximum atomic E-state index is 6.05. The summed E-state index contributed by atoms with van der Waals surface area (Å²) in [4.78, 5) is 12.6. The first-order chi connectivity index (χ1) is 14.7. The van der Waals surface area contributed by atoms with Crippen molar-refractivity contribution in [2.75, 3.05) is 27.2 Å². The van der Waals surface area contributed by atoms with E-state index in [-0.39, 0.29) is 0 Å². The summed E-state index contributed by atoms with van der Waals surface area (Å²) in [5.41, 5.74) is 6.50. The summed E-state index contributed by atoms with van der Waals surface area (Å²) in [6.07, 6.45) is 2.53. The Morgan fingerprint density at radius 3 is 2.80 bits per heavy atom. The van der Waals surface area contributed by atoms with E-state index < -0.39 is 0 Å². The Labute approximate surface area is 177 Å². The van der Waals surface area contributed by atoms with Crippen LogP contribution in [0.5, 0.6) is 5.75 Å². The predicted octanol–water partition coefficient (Wildman–Crippen LogP) is 4.40. The van der Waals surface area contributed by atoms with Gasteiger partial charge in [-0.15, -0.1) is 0 Å². The lowest BCUT2D eigenvalue weighted by Crippen LogP contribution is -2.50. The third-order valence-corrected chi connectivity index (χ3v) is 7.60. The number of hydrogen-bond acceptors (Lipinski definition) is 4. The number of benzene rings is 2. The zero-order chi connectivity index (χ0) is 20.4. The number of H-pyrrole nitrogens is 1. The van der Waals surface area contributed by atoms with Crippen LogP contribution >= 0.6 is 0 Å². The van der Waals surface area contributed by atoms with Crippen LogP contribution in [-0.4, -0.2) is 54.3 Å². The molecule has 3 aliphatic rings. The van der Waals surface area contributed by atoms with E-state index in [0.717, 1.165) is 37.2 Å². The van der Waals surface area contributed by atoms with Crippen molar-refractivity contribution < 1.29 is 9.57 Å². The second-order valence-corrected chi connectivity index (χ2v) is 9.03. The molecule has 4 heterocycles.